The Morgan fingerprint density at radius 2 is 2.15 bits per heavy atom. The molecule has 1 aromatic heterocycles. The van der Waals surface area contributed by atoms with Gasteiger partial charge in [-0.1, -0.05) is 6.92 Å². The Balaban J connectivity index is 2.25. The topological polar surface area (TPSA) is 84.3 Å². The van der Waals surface area contributed by atoms with Gasteiger partial charge in [-0.3, -0.25) is 4.79 Å². The number of hydrogen-bond donors (Lipinski definition) is 1. The van der Waals surface area contributed by atoms with Crippen LogP contribution in [0.5, 0.6) is 0 Å². The number of sulfonamides is 1. The van der Waals surface area contributed by atoms with E-state index in [4.69, 9.17) is 0 Å². The summed E-state index contributed by atoms with van der Waals surface area (Å²) in [5.41, 5.74) is 0. The minimum Gasteiger partial charge on any atom is -0.355 e. The Hall–Kier alpha value is -1.41. The predicted molar refractivity (Wildman–Crippen MR) is 73.6 cm³/mol. The number of aromatic nitrogens is 2. The summed E-state index contributed by atoms with van der Waals surface area (Å²) in [5.74, 6) is 0.574. The summed E-state index contributed by atoms with van der Waals surface area (Å²) < 4.78 is 28.2. The summed E-state index contributed by atoms with van der Waals surface area (Å²) >= 11 is 0. The zero-order valence-corrected chi connectivity index (χ0v) is 12.6. The molecule has 0 aliphatic carbocycles. The van der Waals surface area contributed by atoms with Crippen molar-refractivity contribution in [1.29, 1.82) is 0 Å². The van der Waals surface area contributed by atoms with Gasteiger partial charge in [-0.05, 0) is 13.3 Å². The minimum absolute atomic E-state index is 0.0674. The van der Waals surface area contributed by atoms with Crippen LogP contribution in [0.25, 0.3) is 0 Å². The molecule has 7 nitrogen and oxygen atoms in total. The van der Waals surface area contributed by atoms with E-state index in [1.54, 1.807) is 13.1 Å². The Morgan fingerprint density at radius 3 is 2.85 bits per heavy atom. The minimum atomic E-state index is -3.62. The number of carbonyl (C=O) groups is 1. The molecule has 0 unspecified atom stereocenters. The van der Waals surface area contributed by atoms with Gasteiger partial charge in [-0.25, -0.2) is 13.4 Å². The number of nitrogens with one attached hydrogen (secondary N) is 1. The van der Waals surface area contributed by atoms with Crippen molar-refractivity contribution in [2.75, 3.05) is 19.6 Å². The number of aryl methyl sites for hydroxylation is 2. The molecule has 1 aliphatic rings. The van der Waals surface area contributed by atoms with Gasteiger partial charge in [0.1, 0.15) is 5.82 Å². The van der Waals surface area contributed by atoms with Gasteiger partial charge in [0.15, 0.2) is 5.03 Å². The van der Waals surface area contributed by atoms with Gasteiger partial charge in [0.25, 0.3) is 10.0 Å². The third-order valence-electron chi connectivity index (χ3n) is 3.29. The van der Waals surface area contributed by atoms with Crippen LogP contribution in [-0.4, -0.2) is 47.8 Å². The number of imidazole rings is 1. The predicted octanol–water partition coefficient (Wildman–Crippen LogP) is 0.112. The van der Waals surface area contributed by atoms with E-state index in [9.17, 15) is 13.2 Å². The highest BCUT2D eigenvalue weighted by atomic mass is 32.2. The number of amides is 1. The molecule has 0 bridgehead atoms. The lowest BCUT2D eigenvalue weighted by Gasteiger charge is -2.17. The summed E-state index contributed by atoms with van der Waals surface area (Å²) in [6, 6.07) is 0. The lowest BCUT2D eigenvalue weighted by molar-refractivity contribution is -0.120. The summed E-state index contributed by atoms with van der Waals surface area (Å²) in [4.78, 5) is 15.4. The molecule has 0 spiro atoms. The van der Waals surface area contributed by atoms with Crippen molar-refractivity contribution in [3.63, 3.8) is 0 Å². The van der Waals surface area contributed by atoms with Crippen LogP contribution >= 0.6 is 0 Å². The van der Waals surface area contributed by atoms with E-state index in [0.717, 1.165) is 13.0 Å². The summed E-state index contributed by atoms with van der Waals surface area (Å²) in [6.07, 6.45) is 2.68. The third-order valence-corrected chi connectivity index (χ3v) is 5.06. The average Bonchev–Trinajstić information content (AvgIpc) is 2.62. The maximum atomic E-state index is 12.5. The fourth-order valence-electron chi connectivity index (χ4n) is 2.19. The average molecular weight is 300 g/mol. The second-order valence-electron chi connectivity index (χ2n) is 4.82. The maximum absolute atomic E-state index is 12.5. The molecule has 112 valence electrons. The smallest absolute Gasteiger partial charge is 0.262 e. The Bertz CT molecular complexity index is 594. The van der Waals surface area contributed by atoms with Gasteiger partial charge in [0.05, 0.1) is 0 Å². The van der Waals surface area contributed by atoms with Crippen LogP contribution in [0, 0.1) is 6.92 Å². The molecule has 0 aromatic carbocycles. The summed E-state index contributed by atoms with van der Waals surface area (Å²) in [7, 11) is -3.62. The monoisotopic (exact) mass is 300 g/mol. The van der Waals surface area contributed by atoms with E-state index in [1.807, 2.05) is 11.5 Å². The lowest BCUT2D eigenvalue weighted by Crippen LogP contribution is -2.34. The fourth-order valence-corrected chi connectivity index (χ4v) is 3.63. The van der Waals surface area contributed by atoms with Crippen LogP contribution in [-0.2, 0) is 21.4 Å². The van der Waals surface area contributed by atoms with Crippen LogP contribution in [0.4, 0.5) is 0 Å². The Labute approximate surface area is 119 Å². The van der Waals surface area contributed by atoms with Crippen molar-refractivity contribution in [2.24, 2.45) is 0 Å². The second-order valence-corrected chi connectivity index (χ2v) is 6.71. The van der Waals surface area contributed by atoms with Crippen LogP contribution in [0.15, 0.2) is 11.2 Å². The molecule has 1 fully saturated rings. The number of nitrogens with zero attached hydrogens (tertiary/aromatic N) is 3. The van der Waals surface area contributed by atoms with Gasteiger partial charge >= 0.3 is 0 Å². The van der Waals surface area contributed by atoms with Crippen molar-refractivity contribution in [3.8, 4) is 0 Å². The largest absolute Gasteiger partial charge is 0.355 e. The van der Waals surface area contributed by atoms with Crippen LogP contribution in [0.2, 0.25) is 0 Å². The van der Waals surface area contributed by atoms with Crippen molar-refractivity contribution < 1.29 is 13.2 Å². The number of rotatable bonds is 4. The molecule has 0 saturated carbocycles. The van der Waals surface area contributed by atoms with Crippen molar-refractivity contribution in [2.45, 2.75) is 38.3 Å². The molecular weight excluding hydrogens is 280 g/mol. The highest BCUT2D eigenvalue weighted by Gasteiger charge is 2.29. The molecule has 1 aromatic rings. The van der Waals surface area contributed by atoms with Crippen LogP contribution in [0.1, 0.15) is 25.6 Å². The van der Waals surface area contributed by atoms with E-state index in [1.165, 1.54) is 4.31 Å². The lowest BCUT2D eigenvalue weighted by atomic mass is 10.4. The van der Waals surface area contributed by atoms with E-state index >= 15 is 0 Å². The summed E-state index contributed by atoms with van der Waals surface area (Å²) in [5, 5.41) is 2.73. The van der Waals surface area contributed by atoms with Crippen molar-refractivity contribution in [1.82, 2.24) is 19.2 Å². The Morgan fingerprint density at radius 1 is 1.40 bits per heavy atom. The first-order valence-corrected chi connectivity index (χ1v) is 8.19. The molecule has 1 saturated heterocycles. The third kappa shape index (κ3) is 3.01. The van der Waals surface area contributed by atoms with Gasteiger partial charge < -0.3 is 9.88 Å². The van der Waals surface area contributed by atoms with Gasteiger partial charge in [-0.15, -0.1) is 0 Å². The zero-order valence-electron chi connectivity index (χ0n) is 11.8. The molecule has 2 rings (SSSR count). The Kier molecular flexibility index (Phi) is 4.44. The molecule has 1 aliphatic heterocycles. The molecular formula is C12H20N4O3S. The number of hydrogen-bond acceptors (Lipinski definition) is 4. The standard InChI is InChI=1S/C12H20N4O3S/c1-3-6-15-9-12(14-10(15)2)20(18,19)16-7-4-11(17)13-5-8-16/h9H,3-8H2,1-2H3,(H,13,17). The maximum Gasteiger partial charge on any atom is 0.262 e. The fraction of sp³-hybridized carbons (Fsp3) is 0.667. The molecule has 8 heteroatoms. The van der Waals surface area contributed by atoms with E-state index < -0.39 is 10.0 Å². The molecule has 0 radical (unpaired) electrons. The molecule has 0 atom stereocenters. The highest BCUT2D eigenvalue weighted by Crippen LogP contribution is 2.16. The first kappa shape index (κ1) is 15.0. The van der Waals surface area contributed by atoms with Gasteiger partial charge in [0, 0.05) is 38.8 Å². The van der Waals surface area contributed by atoms with E-state index in [-0.39, 0.29) is 30.4 Å². The quantitative estimate of drug-likeness (QED) is 0.855. The number of carbonyl (C=O) groups excluding carboxylic acids is 1. The van der Waals surface area contributed by atoms with Gasteiger partial charge in [-0.2, -0.15) is 4.31 Å². The van der Waals surface area contributed by atoms with Gasteiger partial charge in [0.2, 0.25) is 5.91 Å². The zero-order chi connectivity index (χ0) is 14.8. The first-order chi connectivity index (χ1) is 9.45. The van der Waals surface area contributed by atoms with E-state index in [0.29, 0.717) is 12.4 Å². The van der Waals surface area contributed by atoms with Crippen molar-refractivity contribution in [3.05, 3.63) is 12.0 Å². The van der Waals surface area contributed by atoms with Crippen LogP contribution < -0.4 is 5.32 Å². The molecule has 2 heterocycles. The molecule has 1 amide bonds. The van der Waals surface area contributed by atoms with Crippen molar-refractivity contribution >= 4 is 15.9 Å². The highest BCUT2D eigenvalue weighted by molar-refractivity contribution is 7.89. The van der Waals surface area contributed by atoms with E-state index in [2.05, 4.69) is 10.3 Å². The normalized spacial score (nSPS) is 17.8. The summed E-state index contributed by atoms with van der Waals surface area (Å²) in [6.45, 7) is 5.39. The first-order valence-electron chi connectivity index (χ1n) is 6.75. The molecule has 1 N–H and O–H groups in total. The SMILES string of the molecule is CCCn1cc(S(=O)(=O)N2CCNC(=O)CC2)nc1C. The molecule has 20 heavy (non-hydrogen) atoms. The van der Waals surface area contributed by atoms with Crippen LogP contribution in [0.3, 0.4) is 0 Å². The second kappa shape index (κ2) is 5.92.